The maximum atomic E-state index is 2.47. The van der Waals surface area contributed by atoms with Gasteiger partial charge < -0.3 is 9.80 Å². The molecule has 2 heteroatoms. The van der Waals surface area contributed by atoms with Crippen molar-refractivity contribution >= 4 is 112 Å². The second kappa shape index (κ2) is 20.1. The van der Waals surface area contributed by atoms with Crippen LogP contribution in [0.25, 0.3) is 100 Å². The third-order valence-electron chi connectivity index (χ3n) is 18.8. The van der Waals surface area contributed by atoms with E-state index in [0.29, 0.717) is 0 Å². The highest BCUT2D eigenvalue weighted by Crippen LogP contribution is 2.54. The molecule has 0 bridgehead atoms. The maximum Gasteiger partial charge on any atom is 0.0540 e. The van der Waals surface area contributed by atoms with Crippen LogP contribution in [-0.2, 0) is 10.8 Å². The fourth-order valence-electron chi connectivity index (χ4n) is 14.4. The summed E-state index contributed by atoms with van der Waals surface area (Å²) < 4.78 is 0. The van der Waals surface area contributed by atoms with Crippen LogP contribution in [0.2, 0.25) is 0 Å². The largest absolute Gasteiger partial charge is 0.309 e. The molecule has 16 rings (SSSR count). The minimum Gasteiger partial charge on any atom is -0.309 e. The van der Waals surface area contributed by atoms with Gasteiger partial charge in [0, 0.05) is 43.7 Å². The lowest BCUT2D eigenvalue weighted by Gasteiger charge is -2.30. The summed E-state index contributed by atoms with van der Waals surface area (Å²) in [5, 5.41) is 12.3. The van der Waals surface area contributed by atoms with Crippen molar-refractivity contribution in [1.82, 2.24) is 0 Å². The molecule has 0 unspecified atom stereocenters. The molecule has 0 amide bonds. The van der Waals surface area contributed by atoms with E-state index in [1.54, 1.807) is 0 Å². The van der Waals surface area contributed by atoms with Crippen LogP contribution in [0.3, 0.4) is 0 Å². The maximum absolute atomic E-state index is 2.47. The normalized spacial score (nSPS) is 13.7. The molecule has 14 aromatic rings. The fourth-order valence-corrected chi connectivity index (χ4v) is 14.4. The molecule has 2 aliphatic carbocycles. The van der Waals surface area contributed by atoms with Crippen LogP contribution in [0.5, 0.6) is 0 Å². The van der Waals surface area contributed by atoms with E-state index in [-0.39, 0.29) is 10.8 Å². The van der Waals surface area contributed by atoms with Gasteiger partial charge in [0.15, 0.2) is 0 Å². The van der Waals surface area contributed by atoms with Crippen LogP contribution < -0.4 is 9.80 Å². The van der Waals surface area contributed by atoms with E-state index in [2.05, 4.69) is 341 Å². The zero-order chi connectivity index (χ0) is 57.7. The summed E-state index contributed by atoms with van der Waals surface area (Å²) in [5.74, 6) is 0. The Hall–Kier alpha value is -10.5. The molecule has 14 aromatic carbocycles. The van der Waals surface area contributed by atoms with Crippen molar-refractivity contribution in [1.29, 1.82) is 0 Å². The number of rotatable bonds is 10. The number of benzene rings is 14. The molecule has 0 heterocycles. The third-order valence-corrected chi connectivity index (χ3v) is 18.8. The van der Waals surface area contributed by atoms with E-state index in [1.165, 1.54) is 143 Å². The Balaban J connectivity index is 0.687. The highest BCUT2D eigenvalue weighted by Gasteiger charge is 2.38. The van der Waals surface area contributed by atoms with Crippen LogP contribution in [0.15, 0.2) is 279 Å². The van der Waals surface area contributed by atoms with Crippen molar-refractivity contribution in [3.8, 4) is 22.3 Å². The van der Waals surface area contributed by atoms with Gasteiger partial charge in [-0.25, -0.2) is 0 Å². The number of fused-ring (bicyclic) bond motifs is 11. The van der Waals surface area contributed by atoms with E-state index >= 15 is 0 Å². The van der Waals surface area contributed by atoms with Gasteiger partial charge in [0.1, 0.15) is 0 Å². The summed E-state index contributed by atoms with van der Waals surface area (Å²) in [7, 11) is 0. The Morgan fingerprint density at radius 2 is 0.523 bits per heavy atom. The first-order valence-corrected chi connectivity index (χ1v) is 30.1. The molecule has 0 spiro atoms. The second-order valence-electron chi connectivity index (χ2n) is 24.4. The molecular formula is C84H62N2. The quantitative estimate of drug-likeness (QED) is 0.126. The summed E-state index contributed by atoms with van der Waals surface area (Å²) in [6.45, 7) is 9.56. The van der Waals surface area contributed by atoms with E-state index in [1.807, 2.05) is 0 Å². The molecule has 0 aliphatic heterocycles. The Labute approximate surface area is 503 Å². The standard InChI is InChI=1S/C84H62N2/c1-83(2)75-51-55(41-47-71(75)73-49-45-63(53-77(73)83)85(79-35-15-25-57-19-5-9-29-67(57)79)80-36-16-26-58-20-6-10-30-68(58)80)39-43-61-23-13-34-66-62(24-14-33-65(61)66)44-40-56-42-48-72-74-50-46-64(54-78(74)84(3,4)76(72)52-56)86(81-37-17-27-59-21-7-11-31-69(59)81)82-38-18-28-60-22-8-12-32-70(60)82/h5-54H,1-4H3. The van der Waals surface area contributed by atoms with E-state index in [4.69, 9.17) is 0 Å². The van der Waals surface area contributed by atoms with Crippen molar-refractivity contribution < 1.29 is 0 Å². The minimum absolute atomic E-state index is 0.227. The Morgan fingerprint density at radius 3 is 0.872 bits per heavy atom. The highest BCUT2D eigenvalue weighted by molar-refractivity contribution is 6.07. The first kappa shape index (κ1) is 51.1. The Bertz CT molecular complexity index is 4650. The van der Waals surface area contributed by atoms with Crippen LogP contribution in [0.4, 0.5) is 34.1 Å². The zero-order valence-corrected chi connectivity index (χ0v) is 48.8. The molecule has 0 aromatic heterocycles. The molecule has 0 saturated heterocycles. The molecule has 2 nitrogen and oxygen atoms in total. The lowest BCUT2D eigenvalue weighted by atomic mass is 9.81. The first-order valence-electron chi connectivity index (χ1n) is 30.1. The lowest BCUT2D eigenvalue weighted by Crippen LogP contribution is -2.17. The number of nitrogens with zero attached hydrogens (tertiary/aromatic N) is 2. The van der Waals surface area contributed by atoms with Crippen LogP contribution in [0, 0.1) is 0 Å². The summed E-state index contributed by atoms with van der Waals surface area (Å²) in [6.07, 6.45) is 9.18. The Morgan fingerprint density at radius 1 is 0.244 bits per heavy atom. The van der Waals surface area contributed by atoms with Gasteiger partial charge in [0.25, 0.3) is 0 Å². The average Bonchev–Trinajstić information content (AvgIpc) is 1.62. The van der Waals surface area contributed by atoms with Gasteiger partial charge in [-0.2, -0.15) is 0 Å². The van der Waals surface area contributed by atoms with Crippen molar-refractivity contribution in [2.45, 2.75) is 38.5 Å². The van der Waals surface area contributed by atoms with Gasteiger partial charge in [-0.1, -0.05) is 283 Å². The molecule has 408 valence electrons. The molecule has 2 aliphatic rings. The smallest absolute Gasteiger partial charge is 0.0540 e. The molecule has 0 atom stereocenters. The van der Waals surface area contributed by atoms with Gasteiger partial charge in [0.05, 0.1) is 22.7 Å². The van der Waals surface area contributed by atoms with Gasteiger partial charge in [0.2, 0.25) is 0 Å². The van der Waals surface area contributed by atoms with E-state index in [0.717, 1.165) is 11.4 Å². The van der Waals surface area contributed by atoms with Gasteiger partial charge in [-0.05, 0) is 148 Å². The molecule has 0 radical (unpaired) electrons. The average molecular weight is 1100 g/mol. The summed E-state index contributed by atoms with van der Waals surface area (Å²) in [6, 6.07) is 103. The Kier molecular flexibility index (Phi) is 11.9. The number of hydrogen-bond acceptors (Lipinski definition) is 2. The predicted octanol–water partition coefficient (Wildman–Crippen LogP) is 23.3. The van der Waals surface area contributed by atoms with Crippen LogP contribution in [-0.4, -0.2) is 0 Å². The van der Waals surface area contributed by atoms with Crippen LogP contribution >= 0.6 is 0 Å². The molecular weight excluding hydrogens is 1040 g/mol. The monoisotopic (exact) mass is 1100 g/mol. The van der Waals surface area contributed by atoms with E-state index < -0.39 is 0 Å². The lowest BCUT2D eigenvalue weighted by molar-refractivity contribution is 0.660. The topological polar surface area (TPSA) is 6.48 Å². The zero-order valence-electron chi connectivity index (χ0n) is 48.8. The van der Waals surface area contributed by atoms with E-state index in [9.17, 15) is 0 Å². The van der Waals surface area contributed by atoms with Crippen LogP contribution in [0.1, 0.15) is 72.2 Å². The minimum atomic E-state index is -0.227. The first-order chi connectivity index (χ1) is 42.2. The molecule has 0 fully saturated rings. The number of hydrogen-bond donors (Lipinski definition) is 0. The van der Waals surface area contributed by atoms with Gasteiger partial charge >= 0.3 is 0 Å². The summed E-state index contributed by atoms with van der Waals surface area (Å²) >= 11 is 0. The van der Waals surface area contributed by atoms with Crippen molar-refractivity contribution in [3.05, 3.63) is 324 Å². The van der Waals surface area contributed by atoms with Gasteiger partial charge in [-0.3, -0.25) is 0 Å². The SMILES string of the molecule is CC1(C)c2cc(C=Cc3cccc4c(C=Cc5ccc6c(c5)C(C)(C)c5cc(N(c7cccc8ccccc78)c7cccc8ccccc78)ccc5-6)cccc34)ccc2-c2ccc(N(c3cccc4ccccc34)c3cccc4ccccc34)cc21. The summed E-state index contributed by atoms with van der Waals surface area (Å²) in [4.78, 5) is 4.94. The van der Waals surface area contributed by atoms with Gasteiger partial charge in [-0.15, -0.1) is 0 Å². The van der Waals surface area contributed by atoms with Crippen molar-refractivity contribution in [3.63, 3.8) is 0 Å². The second-order valence-corrected chi connectivity index (χ2v) is 24.4. The van der Waals surface area contributed by atoms with Crippen molar-refractivity contribution in [2.24, 2.45) is 0 Å². The fraction of sp³-hybridized carbons (Fsp3) is 0.0714. The highest BCUT2D eigenvalue weighted by atomic mass is 15.2. The van der Waals surface area contributed by atoms with Crippen molar-refractivity contribution in [2.75, 3.05) is 9.80 Å². The number of anilines is 6. The molecule has 0 saturated carbocycles. The molecule has 0 N–H and O–H groups in total. The third kappa shape index (κ3) is 8.31. The molecule has 86 heavy (non-hydrogen) atoms. The summed E-state index contributed by atoms with van der Waals surface area (Å²) in [5.41, 5.74) is 21.9. The predicted molar refractivity (Wildman–Crippen MR) is 369 cm³/mol.